The van der Waals surface area contributed by atoms with Crippen molar-refractivity contribution in [1.29, 1.82) is 0 Å². The summed E-state index contributed by atoms with van der Waals surface area (Å²) in [5.74, 6) is 0.668. The summed E-state index contributed by atoms with van der Waals surface area (Å²) in [5.41, 5.74) is 7.18. The maximum absolute atomic E-state index is 6.45. The minimum absolute atomic E-state index is 0.138. The first-order chi connectivity index (χ1) is 8.68. The van der Waals surface area contributed by atoms with Gasteiger partial charge in [-0.2, -0.15) is 0 Å². The lowest BCUT2D eigenvalue weighted by atomic mass is 9.73. The smallest absolute Gasteiger partial charge is 0.115 e. The molecule has 1 aromatic rings. The van der Waals surface area contributed by atoms with Crippen molar-refractivity contribution in [3.63, 3.8) is 0 Å². The molecule has 4 nitrogen and oxygen atoms in total. The number of rotatable bonds is 4. The van der Waals surface area contributed by atoms with Gasteiger partial charge < -0.3 is 10.5 Å². The quantitative estimate of drug-likeness (QED) is 0.890. The molecule has 0 aliphatic heterocycles. The summed E-state index contributed by atoms with van der Waals surface area (Å²) < 4.78 is 6.08. The number of ether oxygens (including phenoxy) is 1. The van der Waals surface area contributed by atoms with Gasteiger partial charge in [0.15, 0.2) is 0 Å². The molecule has 0 spiro atoms. The summed E-state index contributed by atoms with van der Waals surface area (Å²) in [7, 11) is 0. The molecule has 2 rings (SSSR count). The van der Waals surface area contributed by atoms with Crippen molar-refractivity contribution < 1.29 is 4.74 Å². The van der Waals surface area contributed by atoms with Gasteiger partial charge in [0, 0.05) is 24.6 Å². The van der Waals surface area contributed by atoms with Crippen LogP contribution in [0.1, 0.15) is 51.1 Å². The molecular formula is C14H23N3O. The second-order valence-electron chi connectivity index (χ2n) is 5.35. The van der Waals surface area contributed by atoms with Gasteiger partial charge in [0.25, 0.3) is 0 Å². The van der Waals surface area contributed by atoms with E-state index in [1.165, 1.54) is 19.2 Å². The highest BCUT2D eigenvalue weighted by atomic mass is 16.5. The second-order valence-corrected chi connectivity index (χ2v) is 5.35. The van der Waals surface area contributed by atoms with Crippen LogP contribution in [0.15, 0.2) is 18.7 Å². The average molecular weight is 249 g/mol. The molecule has 1 fully saturated rings. The van der Waals surface area contributed by atoms with Crippen LogP contribution in [0.2, 0.25) is 0 Å². The van der Waals surface area contributed by atoms with Crippen molar-refractivity contribution in [2.75, 3.05) is 6.61 Å². The van der Waals surface area contributed by atoms with Crippen LogP contribution < -0.4 is 5.73 Å². The summed E-state index contributed by atoms with van der Waals surface area (Å²) >= 11 is 0. The molecule has 1 aliphatic carbocycles. The van der Waals surface area contributed by atoms with E-state index in [0.29, 0.717) is 12.5 Å². The van der Waals surface area contributed by atoms with Crippen LogP contribution in [0.3, 0.4) is 0 Å². The Hall–Kier alpha value is -1.00. The van der Waals surface area contributed by atoms with Crippen LogP contribution in [-0.2, 0) is 4.74 Å². The second kappa shape index (κ2) is 5.76. The Kier molecular flexibility index (Phi) is 4.30. The van der Waals surface area contributed by atoms with Gasteiger partial charge in [0.1, 0.15) is 6.33 Å². The maximum atomic E-state index is 6.45. The van der Waals surface area contributed by atoms with Crippen LogP contribution in [0, 0.1) is 5.92 Å². The molecule has 0 bridgehead atoms. The van der Waals surface area contributed by atoms with E-state index in [2.05, 4.69) is 16.9 Å². The molecule has 0 radical (unpaired) electrons. The zero-order valence-electron chi connectivity index (χ0n) is 11.3. The number of hydrogen-bond donors (Lipinski definition) is 1. The fraction of sp³-hybridized carbons (Fsp3) is 0.714. The molecule has 1 heterocycles. The van der Waals surface area contributed by atoms with Crippen molar-refractivity contribution in [2.24, 2.45) is 11.7 Å². The number of aromatic nitrogens is 2. The van der Waals surface area contributed by atoms with Gasteiger partial charge in [-0.1, -0.05) is 19.8 Å². The van der Waals surface area contributed by atoms with E-state index in [4.69, 9.17) is 10.5 Å². The van der Waals surface area contributed by atoms with Gasteiger partial charge in [-0.3, -0.25) is 0 Å². The Morgan fingerprint density at radius 3 is 2.83 bits per heavy atom. The van der Waals surface area contributed by atoms with Crippen LogP contribution in [0.25, 0.3) is 0 Å². The van der Waals surface area contributed by atoms with Crippen LogP contribution in [0.5, 0.6) is 0 Å². The third-order valence-corrected chi connectivity index (χ3v) is 3.93. The fourth-order valence-electron chi connectivity index (χ4n) is 3.11. The topological polar surface area (TPSA) is 61.0 Å². The largest absolute Gasteiger partial charge is 0.373 e. The van der Waals surface area contributed by atoms with E-state index in [-0.39, 0.29) is 11.6 Å². The lowest BCUT2D eigenvalue weighted by Gasteiger charge is -2.43. The highest BCUT2D eigenvalue weighted by Gasteiger charge is 2.41. The van der Waals surface area contributed by atoms with Crippen molar-refractivity contribution in [1.82, 2.24) is 9.97 Å². The van der Waals surface area contributed by atoms with Crippen molar-refractivity contribution in [2.45, 2.75) is 51.2 Å². The number of hydrogen-bond acceptors (Lipinski definition) is 4. The van der Waals surface area contributed by atoms with Gasteiger partial charge in [-0.15, -0.1) is 0 Å². The molecule has 3 unspecified atom stereocenters. The summed E-state index contributed by atoms with van der Waals surface area (Å²) in [5, 5.41) is 0. The molecule has 0 aromatic carbocycles. The van der Waals surface area contributed by atoms with Crippen LogP contribution >= 0.6 is 0 Å². The Morgan fingerprint density at radius 1 is 1.50 bits per heavy atom. The first-order valence-corrected chi connectivity index (χ1v) is 6.82. The standard InChI is InChI=1S/C14H23N3O/c1-3-18-14(6-4-5-11(2)7-14)13(15)12-8-16-10-17-9-12/h8-11,13H,3-7,15H2,1-2H3. The molecule has 0 amide bonds. The summed E-state index contributed by atoms with van der Waals surface area (Å²) in [6.07, 6.45) is 9.65. The molecule has 1 saturated carbocycles. The van der Waals surface area contributed by atoms with Gasteiger partial charge in [-0.05, 0) is 25.7 Å². The van der Waals surface area contributed by atoms with E-state index >= 15 is 0 Å². The maximum Gasteiger partial charge on any atom is 0.115 e. The first-order valence-electron chi connectivity index (χ1n) is 6.82. The number of nitrogens with zero attached hydrogens (tertiary/aromatic N) is 2. The molecular weight excluding hydrogens is 226 g/mol. The van der Waals surface area contributed by atoms with E-state index in [1.807, 2.05) is 6.92 Å². The normalized spacial score (nSPS) is 30.1. The molecule has 1 aromatic heterocycles. The molecule has 3 atom stereocenters. The molecule has 2 N–H and O–H groups in total. The fourth-order valence-corrected chi connectivity index (χ4v) is 3.11. The summed E-state index contributed by atoms with van der Waals surface area (Å²) in [4.78, 5) is 8.13. The Bertz CT molecular complexity index is 367. The predicted molar refractivity (Wildman–Crippen MR) is 70.9 cm³/mol. The predicted octanol–water partition coefficient (Wildman–Crippen LogP) is 2.46. The van der Waals surface area contributed by atoms with Crippen LogP contribution in [-0.4, -0.2) is 22.2 Å². The summed E-state index contributed by atoms with van der Waals surface area (Å²) in [6, 6.07) is -0.138. The summed E-state index contributed by atoms with van der Waals surface area (Å²) in [6.45, 7) is 5.02. The first kappa shape index (κ1) is 13.4. The van der Waals surface area contributed by atoms with E-state index < -0.39 is 0 Å². The molecule has 100 valence electrons. The third kappa shape index (κ3) is 2.70. The molecule has 1 aliphatic rings. The number of nitrogens with two attached hydrogens (primary N) is 1. The minimum atomic E-state index is -0.239. The average Bonchev–Trinajstić information content (AvgIpc) is 2.39. The molecule has 18 heavy (non-hydrogen) atoms. The van der Waals surface area contributed by atoms with Gasteiger partial charge in [-0.25, -0.2) is 9.97 Å². The Labute approximate surface area is 109 Å². The van der Waals surface area contributed by atoms with Gasteiger partial charge >= 0.3 is 0 Å². The minimum Gasteiger partial charge on any atom is -0.373 e. The lowest BCUT2D eigenvalue weighted by Crippen LogP contribution is -2.47. The van der Waals surface area contributed by atoms with Gasteiger partial charge in [0.2, 0.25) is 0 Å². The van der Waals surface area contributed by atoms with Gasteiger partial charge in [0.05, 0.1) is 11.6 Å². The van der Waals surface area contributed by atoms with E-state index in [9.17, 15) is 0 Å². The highest BCUT2D eigenvalue weighted by molar-refractivity contribution is 5.15. The van der Waals surface area contributed by atoms with E-state index in [0.717, 1.165) is 18.4 Å². The SMILES string of the molecule is CCOC1(C(N)c2cncnc2)CCCC(C)C1. The van der Waals surface area contributed by atoms with E-state index in [1.54, 1.807) is 12.4 Å². The zero-order valence-corrected chi connectivity index (χ0v) is 11.3. The highest BCUT2D eigenvalue weighted by Crippen LogP contribution is 2.42. The van der Waals surface area contributed by atoms with Crippen molar-refractivity contribution in [3.8, 4) is 0 Å². The molecule has 4 heteroatoms. The Balaban J connectivity index is 2.23. The monoisotopic (exact) mass is 249 g/mol. The lowest BCUT2D eigenvalue weighted by molar-refractivity contribution is -0.0939. The Morgan fingerprint density at radius 2 is 2.22 bits per heavy atom. The van der Waals surface area contributed by atoms with Crippen molar-refractivity contribution in [3.05, 3.63) is 24.3 Å². The van der Waals surface area contributed by atoms with Crippen LogP contribution in [0.4, 0.5) is 0 Å². The zero-order chi connectivity index (χ0) is 13.0. The third-order valence-electron chi connectivity index (χ3n) is 3.93. The van der Waals surface area contributed by atoms with Crippen molar-refractivity contribution >= 4 is 0 Å². The molecule has 0 saturated heterocycles.